The minimum Gasteiger partial charge on any atom is -0.367 e. The van der Waals surface area contributed by atoms with Gasteiger partial charge in [-0.25, -0.2) is 4.98 Å². The first-order chi connectivity index (χ1) is 13.6. The standard InChI is InChI=1S/C21H31N5O3/c1-13-11-15(16(23-12-13)24-14-5-7-20(2,3)8-6-14)17(27)25-26-19(29)21(4)9-10-22-18(21)28/h11-12,14H,5-10H2,1-4H3,(H,22,28)(H,23,24)(H,25,27)(H,26,29). The van der Waals surface area contributed by atoms with Crippen LogP contribution in [0.25, 0.3) is 0 Å². The predicted octanol–water partition coefficient (Wildman–Crippen LogP) is 2.06. The van der Waals surface area contributed by atoms with E-state index in [4.69, 9.17) is 0 Å². The van der Waals surface area contributed by atoms with Crippen molar-refractivity contribution in [1.29, 1.82) is 0 Å². The van der Waals surface area contributed by atoms with E-state index >= 15 is 0 Å². The lowest BCUT2D eigenvalue weighted by Gasteiger charge is -2.35. The van der Waals surface area contributed by atoms with Crippen LogP contribution in [0.5, 0.6) is 0 Å². The third-order valence-corrected chi connectivity index (χ3v) is 6.15. The van der Waals surface area contributed by atoms with Gasteiger partial charge in [0.1, 0.15) is 11.2 Å². The lowest BCUT2D eigenvalue weighted by atomic mass is 9.75. The van der Waals surface area contributed by atoms with E-state index in [1.165, 1.54) is 0 Å². The maximum absolute atomic E-state index is 12.8. The number of nitrogens with zero attached hydrogens (tertiary/aromatic N) is 1. The minimum atomic E-state index is -1.17. The molecule has 1 unspecified atom stereocenters. The average Bonchev–Trinajstić information content (AvgIpc) is 3.02. The number of rotatable bonds is 4. The first-order valence-corrected chi connectivity index (χ1v) is 10.2. The molecule has 0 radical (unpaired) electrons. The number of aromatic nitrogens is 1. The minimum absolute atomic E-state index is 0.264. The number of pyridine rings is 1. The Morgan fingerprint density at radius 3 is 2.45 bits per heavy atom. The number of carbonyl (C=O) groups is 3. The molecule has 0 spiro atoms. The summed E-state index contributed by atoms with van der Waals surface area (Å²) in [5.41, 5.74) is 5.24. The van der Waals surface area contributed by atoms with E-state index in [2.05, 4.69) is 40.3 Å². The first-order valence-electron chi connectivity index (χ1n) is 10.2. The van der Waals surface area contributed by atoms with E-state index in [1.807, 2.05) is 6.92 Å². The molecule has 1 saturated carbocycles. The Labute approximate surface area is 171 Å². The van der Waals surface area contributed by atoms with Crippen molar-refractivity contribution in [2.75, 3.05) is 11.9 Å². The molecule has 158 valence electrons. The molecular weight excluding hydrogens is 370 g/mol. The molecule has 1 aromatic rings. The van der Waals surface area contributed by atoms with Crippen LogP contribution in [0.2, 0.25) is 0 Å². The van der Waals surface area contributed by atoms with Gasteiger partial charge in [-0.2, -0.15) is 0 Å². The van der Waals surface area contributed by atoms with Gasteiger partial charge in [-0.1, -0.05) is 13.8 Å². The predicted molar refractivity (Wildman–Crippen MR) is 110 cm³/mol. The highest BCUT2D eigenvalue weighted by Gasteiger charge is 2.44. The molecule has 3 rings (SSSR count). The Kier molecular flexibility index (Phi) is 5.82. The van der Waals surface area contributed by atoms with Gasteiger partial charge in [-0.3, -0.25) is 25.2 Å². The number of hydrogen-bond donors (Lipinski definition) is 4. The van der Waals surface area contributed by atoms with Crippen molar-refractivity contribution < 1.29 is 14.4 Å². The fourth-order valence-electron chi connectivity index (χ4n) is 3.86. The third kappa shape index (κ3) is 4.68. The fourth-order valence-corrected chi connectivity index (χ4v) is 3.86. The molecule has 2 fully saturated rings. The smallest absolute Gasteiger partial charge is 0.273 e. The fraction of sp³-hybridized carbons (Fsp3) is 0.619. The van der Waals surface area contributed by atoms with Gasteiger partial charge in [0.25, 0.3) is 11.8 Å². The van der Waals surface area contributed by atoms with Crippen LogP contribution in [0.15, 0.2) is 12.3 Å². The Morgan fingerprint density at radius 2 is 1.83 bits per heavy atom. The van der Waals surface area contributed by atoms with E-state index in [1.54, 1.807) is 19.2 Å². The zero-order valence-corrected chi connectivity index (χ0v) is 17.6. The van der Waals surface area contributed by atoms with Gasteiger partial charge in [0.05, 0.1) is 5.56 Å². The topological polar surface area (TPSA) is 112 Å². The Bertz CT molecular complexity index is 813. The highest BCUT2D eigenvalue weighted by molar-refractivity contribution is 6.07. The maximum atomic E-state index is 12.8. The monoisotopic (exact) mass is 401 g/mol. The van der Waals surface area contributed by atoms with Crippen molar-refractivity contribution in [3.05, 3.63) is 23.4 Å². The van der Waals surface area contributed by atoms with Crippen LogP contribution >= 0.6 is 0 Å². The molecule has 1 aromatic heterocycles. The molecule has 1 aliphatic heterocycles. The highest BCUT2D eigenvalue weighted by atomic mass is 16.2. The number of anilines is 1. The van der Waals surface area contributed by atoms with Crippen LogP contribution in [-0.2, 0) is 9.59 Å². The van der Waals surface area contributed by atoms with Crippen LogP contribution in [0.4, 0.5) is 5.82 Å². The normalized spacial score (nSPS) is 23.9. The second kappa shape index (κ2) is 8.00. The molecule has 0 bridgehead atoms. The van der Waals surface area contributed by atoms with Crippen LogP contribution in [0.3, 0.4) is 0 Å². The van der Waals surface area contributed by atoms with Crippen LogP contribution in [0.1, 0.15) is 68.8 Å². The zero-order valence-electron chi connectivity index (χ0n) is 17.6. The lowest BCUT2D eigenvalue weighted by molar-refractivity contribution is -0.140. The first kappa shape index (κ1) is 21.1. The van der Waals surface area contributed by atoms with Gasteiger partial charge < -0.3 is 10.6 Å². The van der Waals surface area contributed by atoms with Crippen molar-refractivity contribution in [2.45, 2.75) is 65.8 Å². The summed E-state index contributed by atoms with van der Waals surface area (Å²) in [6.07, 6.45) is 6.39. The lowest BCUT2D eigenvalue weighted by Crippen LogP contribution is -2.51. The summed E-state index contributed by atoms with van der Waals surface area (Å²) in [6, 6.07) is 2.01. The van der Waals surface area contributed by atoms with E-state index in [0.717, 1.165) is 31.2 Å². The zero-order chi connectivity index (χ0) is 21.2. The van der Waals surface area contributed by atoms with Gasteiger partial charge in [0.15, 0.2) is 0 Å². The molecule has 1 aliphatic carbocycles. The van der Waals surface area contributed by atoms with Crippen molar-refractivity contribution in [1.82, 2.24) is 21.2 Å². The number of amides is 3. The Morgan fingerprint density at radius 1 is 1.14 bits per heavy atom. The van der Waals surface area contributed by atoms with Gasteiger partial charge in [-0.15, -0.1) is 0 Å². The van der Waals surface area contributed by atoms with Gasteiger partial charge >= 0.3 is 0 Å². The number of aryl methyl sites for hydroxylation is 1. The quantitative estimate of drug-likeness (QED) is 0.456. The summed E-state index contributed by atoms with van der Waals surface area (Å²) in [5, 5.41) is 6.05. The van der Waals surface area contributed by atoms with E-state index < -0.39 is 17.2 Å². The largest absolute Gasteiger partial charge is 0.367 e. The molecule has 4 N–H and O–H groups in total. The Hall–Kier alpha value is -2.64. The summed E-state index contributed by atoms with van der Waals surface area (Å²) < 4.78 is 0. The van der Waals surface area contributed by atoms with Crippen molar-refractivity contribution in [3.63, 3.8) is 0 Å². The molecule has 0 aromatic carbocycles. The molecule has 1 saturated heterocycles. The van der Waals surface area contributed by atoms with Gasteiger partial charge in [0.2, 0.25) is 5.91 Å². The SMILES string of the molecule is Cc1cnc(NC2CCC(C)(C)CC2)c(C(=O)NNC(=O)C2(C)CCNC2=O)c1. The molecular formula is C21H31N5O3. The summed E-state index contributed by atoms with van der Waals surface area (Å²) in [7, 11) is 0. The molecule has 2 aliphatic rings. The molecule has 2 heterocycles. The van der Waals surface area contributed by atoms with Gasteiger partial charge in [-0.05, 0) is 63.0 Å². The van der Waals surface area contributed by atoms with Crippen LogP contribution < -0.4 is 21.5 Å². The summed E-state index contributed by atoms with van der Waals surface area (Å²) in [4.78, 5) is 41.5. The molecule has 8 heteroatoms. The molecule has 29 heavy (non-hydrogen) atoms. The Balaban J connectivity index is 1.66. The van der Waals surface area contributed by atoms with Crippen molar-refractivity contribution >= 4 is 23.5 Å². The number of hydrogen-bond acceptors (Lipinski definition) is 5. The van der Waals surface area contributed by atoms with E-state index in [-0.39, 0.29) is 11.9 Å². The summed E-state index contributed by atoms with van der Waals surface area (Å²) >= 11 is 0. The number of nitrogens with one attached hydrogen (secondary N) is 4. The van der Waals surface area contributed by atoms with Gasteiger partial charge in [0, 0.05) is 18.8 Å². The second-order valence-corrected chi connectivity index (χ2v) is 9.24. The third-order valence-electron chi connectivity index (χ3n) is 6.15. The second-order valence-electron chi connectivity index (χ2n) is 9.24. The summed E-state index contributed by atoms with van der Waals surface area (Å²) in [5.74, 6) is -0.804. The van der Waals surface area contributed by atoms with Crippen LogP contribution in [0, 0.1) is 17.8 Å². The summed E-state index contributed by atoms with van der Waals surface area (Å²) in [6.45, 7) is 8.44. The van der Waals surface area contributed by atoms with Crippen molar-refractivity contribution in [3.8, 4) is 0 Å². The van der Waals surface area contributed by atoms with Crippen LogP contribution in [-0.4, -0.2) is 35.3 Å². The molecule has 3 amide bonds. The molecule has 8 nitrogen and oxygen atoms in total. The van der Waals surface area contributed by atoms with E-state index in [9.17, 15) is 14.4 Å². The molecule has 1 atom stereocenters. The van der Waals surface area contributed by atoms with Crippen molar-refractivity contribution in [2.24, 2.45) is 10.8 Å². The average molecular weight is 402 g/mol. The highest BCUT2D eigenvalue weighted by Crippen LogP contribution is 2.36. The maximum Gasteiger partial charge on any atom is 0.273 e. The number of carbonyl (C=O) groups excluding carboxylic acids is 3. The number of hydrazine groups is 1. The van der Waals surface area contributed by atoms with E-state index in [0.29, 0.717) is 29.8 Å².